The van der Waals surface area contributed by atoms with Gasteiger partial charge in [-0.25, -0.2) is 9.67 Å². The quantitative estimate of drug-likeness (QED) is 0.521. The molecule has 9 nitrogen and oxygen atoms in total. The Hall–Kier alpha value is -3.43. The van der Waals surface area contributed by atoms with E-state index in [1.807, 2.05) is 48.5 Å². The van der Waals surface area contributed by atoms with Crippen LogP contribution in [0, 0.1) is 0 Å². The van der Waals surface area contributed by atoms with Gasteiger partial charge in [0.05, 0.1) is 37.3 Å². The molecule has 0 radical (unpaired) electrons. The summed E-state index contributed by atoms with van der Waals surface area (Å²) in [6.45, 7) is 2.28. The third kappa shape index (κ3) is 3.85. The lowest BCUT2D eigenvalue weighted by Crippen LogP contribution is -2.13. The van der Waals surface area contributed by atoms with Crippen LogP contribution in [0.1, 0.15) is 17.8 Å². The smallest absolute Gasteiger partial charge is 0.222 e. The molecule has 4 aromatic rings. The van der Waals surface area contributed by atoms with Gasteiger partial charge in [-0.1, -0.05) is 41.6 Å². The highest BCUT2D eigenvalue weighted by atomic mass is 16.5. The monoisotopic (exact) mass is 403 g/mol. The molecule has 1 aromatic carbocycles. The van der Waals surface area contributed by atoms with Gasteiger partial charge in [0.15, 0.2) is 11.2 Å². The highest BCUT2D eigenvalue weighted by Gasteiger charge is 2.17. The first-order valence-electron chi connectivity index (χ1n) is 9.82. The Kier molecular flexibility index (Phi) is 5.04. The first-order valence-corrected chi connectivity index (χ1v) is 9.82. The van der Waals surface area contributed by atoms with Gasteiger partial charge < -0.3 is 15.2 Å². The highest BCUT2D eigenvalue weighted by molar-refractivity contribution is 5.87. The van der Waals surface area contributed by atoms with Gasteiger partial charge in [0.2, 0.25) is 5.95 Å². The van der Waals surface area contributed by atoms with Crippen LogP contribution in [0.5, 0.6) is 0 Å². The van der Waals surface area contributed by atoms with Crippen molar-refractivity contribution in [1.29, 1.82) is 0 Å². The Morgan fingerprint density at radius 3 is 2.73 bits per heavy atom. The van der Waals surface area contributed by atoms with Crippen LogP contribution >= 0.6 is 0 Å². The first kappa shape index (κ1) is 18.6. The molecule has 3 aromatic heterocycles. The van der Waals surface area contributed by atoms with Crippen LogP contribution in [-0.4, -0.2) is 49.3 Å². The molecule has 1 aliphatic rings. The number of hydrogen-bond donors (Lipinski definition) is 1. The van der Waals surface area contributed by atoms with Crippen LogP contribution in [0.4, 0.5) is 5.95 Å². The molecule has 0 bridgehead atoms. The number of hydrogen-bond acceptors (Lipinski definition) is 8. The molecule has 4 heterocycles. The molecule has 5 rings (SSSR count). The molecule has 0 amide bonds. The van der Waals surface area contributed by atoms with E-state index in [4.69, 9.17) is 15.2 Å². The predicted octanol–water partition coefficient (Wildman–Crippen LogP) is 2.22. The molecular formula is C21H21N7O2. The van der Waals surface area contributed by atoms with Crippen molar-refractivity contribution in [3.63, 3.8) is 0 Å². The van der Waals surface area contributed by atoms with Crippen LogP contribution < -0.4 is 5.73 Å². The molecule has 0 saturated carbocycles. The molecule has 1 aliphatic heterocycles. The van der Waals surface area contributed by atoms with Crippen LogP contribution in [-0.2, 0) is 22.6 Å². The summed E-state index contributed by atoms with van der Waals surface area (Å²) in [5.41, 5.74) is 10.4. The lowest BCUT2D eigenvalue weighted by molar-refractivity contribution is 0.0301. The minimum atomic E-state index is 0.144. The van der Waals surface area contributed by atoms with Crippen molar-refractivity contribution in [3.05, 3.63) is 59.9 Å². The van der Waals surface area contributed by atoms with Crippen molar-refractivity contribution in [3.8, 4) is 11.3 Å². The molecule has 9 heteroatoms. The maximum absolute atomic E-state index is 5.97. The number of nitrogens with zero attached hydrogens (tertiary/aromatic N) is 6. The van der Waals surface area contributed by atoms with Crippen LogP contribution in [0.25, 0.3) is 22.4 Å². The minimum Gasteiger partial charge on any atom is -0.379 e. The van der Waals surface area contributed by atoms with E-state index in [2.05, 4.69) is 25.3 Å². The lowest BCUT2D eigenvalue weighted by atomic mass is 10.1. The van der Waals surface area contributed by atoms with Crippen LogP contribution in [0.15, 0.2) is 48.5 Å². The normalized spacial score (nSPS) is 16.3. The van der Waals surface area contributed by atoms with Gasteiger partial charge >= 0.3 is 0 Å². The summed E-state index contributed by atoms with van der Waals surface area (Å²) < 4.78 is 12.9. The summed E-state index contributed by atoms with van der Waals surface area (Å²) in [6, 6.07) is 15.6. The number of anilines is 1. The fraction of sp³-hybridized carbons (Fsp3) is 0.286. The second kappa shape index (κ2) is 8.13. The third-order valence-corrected chi connectivity index (χ3v) is 4.96. The third-order valence-electron chi connectivity index (χ3n) is 4.96. The molecule has 152 valence electrons. The standard InChI is InChI=1S/C21H21N7O2/c22-21-24-18(14-5-2-1-3-6-14)19-20(25-21)28(27-26-19)11-15-7-4-8-16(23-15)12-30-17-9-10-29-13-17/h1-8,17H,9-13H2,(H2,22,24,25). The zero-order chi connectivity index (χ0) is 20.3. The van der Waals surface area contributed by atoms with E-state index in [1.54, 1.807) is 4.68 Å². The van der Waals surface area contributed by atoms with E-state index in [0.717, 1.165) is 30.0 Å². The minimum absolute atomic E-state index is 0.144. The number of rotatable bonds is 6. The summed E-state index contributed by atoms with van der Waals surface area (Å²) in [4.78, 5) is 13.4. The Bertz CT molecular complexity index is 1160. The predicted molar refractivity (Wildman–Crippen MR) is 110 cm³/mol. The Morgan fingerprint density at radius 2 is 1.90 bits per heavy atom. The van der Waals surface area contributed by atoms with Gasteiger partial charge in [-0.3, -0.25) is 4.98 Å². The highest BCUT2D eigenvalue weighted by Crippen LogP contribution is 2.25. The van der Waals surface area contributed by atoms with Crippen molar-refractivity contribution >= 4 is 17.1 Å². The number of benzene rings is 1. The summed E-state index contributed by atoms with van der Waals surface area (Å²) in [5.74, 6) is 0.179. The Balaban J connectivity index is 1.41. The Morgan fingerprint density at radius 1 is 1.03 bits per heavy atom. The summed E-state index contributed by atoms with van der Waals surface area (Å²) in [5, 5.41) is 8.59. The van der Waals surface area contributed by atoms with Gasteiger partial charge in [0.25, 0.3) is 0 Å². The fourth-order valence-electron chi connectivity index (χ4n) is 3.48. The number of ether oxygens (including phenoxy) is 2. The molecule has 2 N–H and O–H groups in total. The Labute approximate surface area is 172 Å². The maximum Gasteiger partial charge on any atom is 0.222 e. The van der Waals surface area contributed by atoms with Crippen LogP contribution in [0.2, 0.25) is 0 Å². The molecule has 0 aliphatic carbocycles. The average Bonchev–Trinajstić information content (AvgIpc) is 3.43. The second-order valence-electron chi connectivity index (χ2n) is 7.13. The van der Waals surface area contributed by atoms with Gasteiger partial charge in [-0.2, -0.15) is 4.98 Å². The van der Waals surface area contributed by atoms with E-state index in [9.17, 15) is 0 Å². The number of pyridine rings is 1. The number of nitrogen functional groups attached to an aromatic ring is 1. The summed E-state index contributed by atoms with van der Waals surface area (Å²) >= 11 is 0. The molecule has 0 spiro atoms. The van der Waals surface area contributed by atoms with Crippen molar-refractivity contribution in [2.75, 3.05) is 18.9 Å². The largest absolute Gasteiger partial charge is 0.379 e. The fourth-order valence-corrected chi connectivity index (χ4v) is 3.48. The van der Waals surface area contributed by atoms with Gasteiger partial charge in [-0.05, 0) is 18.6 Å². The second-order valence-corrected chi connectivity index (χ2v) is 7.13. The van der Waals surface area contributed by atoms with E-state index in [-0.39, 0.29) is 12.1 Å². The lowest BCUT2D eigenvalue weighted by Gasteiger charge is -2.10. The number of fused-ring (bicyclic) bond motifs is 1. The van der Waals surface area contributed by atoms with Gasteiger partial charge in [0.1, 0.15) is 5.69 Å². The maximum atomic E-state index is 5.97. The molecular weight excluding hydrogens is 382 g/mol. The number of aromatic nitrogens is 6. The van der Waals surface area contributed by atoms with E-state index < -0.39 is 0 Å². The summed E-state index contributed by atoms with van der Waals surface area (Å²) in [7, 11) is 0. The van der Waals surface area contributed by atoms with Crippen LogP contribution in [0.3, 0.4) is 0 Å². The summed E-state index contributed by atoms with van der Waals surface area (Å²) in [6.07, 6.45) is 1.07. The average molecular weight is 403 g/mol. The number of nitrogens with two attached hydrogens (primary N) is 1. The van der Waals surface area contributed by atoms with E-state index >= 15 is 0 Å². The van der Waals surface area contributed by atoms with Gasteiger partial charge in [-0.15, -0.1) is 5.10 Å². The van der Waals surface area contributed by atoms with Gasteiger partial charge in [0, 0.05) is 12.2 Å². The van der Waals surface area contributed by atoms with Crippen molar-refractivity contribution in [2.45, 2.75) is 25.7 Å². The van der Waals surface area contributed by atoms with E-state index in [1.165, 1.54) is 0 Å². The van der Waals surface area contributed by atoms with Crippen molar-refractivity contribution in [1.82, 2.24) is 29.9 Å². The first-order chi connectivity index (χ1) is 14.8. The molecule has 1 atom stereocenters. The van der Waals surface area contributed by atoms with E-state index in [0.29, 0.717) is 36.6 Å². The molecule has 1 fully saturated rings. The topological polar surface area (TPSA) is 114 Å². The molecule has 30 heavy (non-hydrogen) atoms. The van der Waals surface area contributed by atoms with Crippen molar-refractivity contribution in [2.24, 2.45) is 0 Å². The SMILES string of the molecule is Nc1nc(-c2ccccc2)c2nnn(Cc3cccc(COC4CCOC4)n3)c2n1. The zero-order valence-corrected chi connectivity index (χ0v) is 16.3. The zero-order valence-electron chi connectivity index (χ0n) is 16.3. The van der Waals surface area contributed by atoms with Crippen molar-refractivity contribution < 1.29 is 9.47 Å². The molecule has 1 unspecified atom stereocenters. The molecule has 1 saturated heterocycles.